The van der Waals surface area contributed by atoms with Crippen LogP contribution in [0.25, 0.3) is 251 Å². The molecule has 0 aromatic heterocycles. The van der Waals surface area contributed by atoms with Crippen molar-refractivity contribution in [1.82, 2.24) is 0 Å². The van der Waals surface area contributed by atoms with Crippen molar-refractivity contribution < 1.29 is 28.9 Å². The van der Waals surface area contributed by atoms with E-state index in [-0.39, 0.29) is 18.9 Å². The predicted octanol–water partition coefficient (Wildman–Crippen LogP) is 35.2. The molecule has 27 aromatic rings. The molecule has 668 valence electrons. The van der Waals surface area contributed by atoms with Gasteiger partial charge < -0.3 is 17.0 Å². The molecule has 0 heterocycles. The van der Waals surface area contributed by atoms with Gasteiger partial charge in [0.15, 0.2) is 0 Å². The molecule has 0 spiro atoms. The van der Waals surface area contributed by atoms with Gasteiger partial charge in [0.25, 0.3) is 0 Å². The molecule has 0 aliphatic carbocycles. The van der Waals surface area contributed by atoms with E-state index in [0.717, 1.165) is 31.5 Å². The van der Waals surface area contributed by atoms with E-state index in [0.29, 0.717) is 5.46 Å². The van der Waals surface area contributed by atoms with E-state index in [1.54, 1.807) is 6.07 Å². The number of unbranched alkanes of at least 4 members (excludes halogenated alkanes) is 1. The summed E-state index contributed by atoms with van der Waals surface area (Å²) in [5, 5.41) is 56.3. The molecule has 27 rings (SSSR count). The quantitative estimate of drug-likeness (QED) is 0.0814. The fourth-order valence-electron chi connectivity index (χ4n) is 20.3. The van der Waals surface area contributed by atoms with E-state index in [1.165, 1.54) is 241 Å². The topological polar surface area (TPSA) is 40.5 Å². The Balaban J connectivity index is 0.000000113. The standard InChI is InChI=1S/C54H34.C30H19Br.C24H17BO2.C24H15Br.C4H9.Li/c1-3-7-39-29-41(15-13-35(39)5-1)37-9-11-38(12-10-37)42-21-25-51-47(31-42)17-18-49-33-45(23-27-52(49)51)46-24-28-54-50(34-46)20-19-48-32-44(22-26-53(48)54)43-16-14-36-6-2-4-8-40(36)30-43;31-28-14-16-30-27(19-28)12-11-26-18-25(13-15-29(26)30)22-7-5-21(6-8-22)24-10-9-20-3-1-2-4-23(20)17-24;26-25(27)22-10-12-24-21(15-22)8-7-20-14-19(9-11-23(20)24)18-6-5-16-3-1-2-4-17(16)13-18;25-22-10-12-24-21(15-22)8-7-20-14-19(9-11-23(20)24)18-6-5-16-3-1-2-4-17(16)13-18;1-3-4-2;/h1-34H;1-19H;1-15,26-27H;1-15H;1,3-4H2,2H3;/q;;;;-1;+1. The van der Waals surface area contributed by atoms with Gasteiger partial charge in [0.1, 0.15) is 0 Å². The summed E-state index contributed by atoms with van der Waals surface area (Å²) >= 11 is 7.13. The Morgan fingerprint density at radius 3 is 0.507 bits per heavy atom. The van der Waals surface area contributed by atoms with Crippen LogP contribution in [0.1, 0.15) is 19.8 Å². The van der Waals surface area contributed by atoms with E-state index in [9.17, 15) is 10.0 Å². The van der Waals surface area contributed by atoms with Crippen LogP contribution in [0.5, 0.6) is 0 Å². The number of rotatable bonds is 10. The van der Waals surface area contributed by atoms with Crippen molar-refractivity contribution in [2.75, 3.05) is 0 Å². The summed E-state index contributed by atoms with van der Waals surface area (Å²) in [6.07, 6.45) is 2.28. The van der Waals surface area contributed by atoms with Gasteiger partial charge in [-0.1, -0.05) is 452 Å². The van der Waals surface area contributed by atoms with Crippen LogP contribution in [-0.2, 0) is 0 Å². The van der Waals surface area contributed by atoms with Crippen LogP contribution in [-0.4, -0.2) is 17.2 Å². The summed E-state index contributed by atoms with van der Waals surface area (Å²) in [6, 6.07) is 182. The molecule has 0 unspecified atom stereocenters. The average Bonchev–Trinajstić information content (AvgIpc) is 0.773. The number of hydrogen-bond acceptors (Lipinski definition) is 2. The summed E-state index contributed by atoms with van der Waals surface area (Å²) in [5.74, 6) is 0. The smallest absolute Gasteiger partial charge is 0.423 e. The third kappa shape index (κ3) is 18.9. The van der Waals surface area contributed by atoms with Gasteiger partial charge in [-0.3, -0.25) is 0 Å². The Kier molecular flexibility index (Phi) is 26.0. The molecule has 0 fully saturated rings. The van der Waals surface area contributed by atoms with Crippen molar-refractivity contribution in [3.63, 3.8) is 0 Å². The van der Waals surface area contributed by atoms with Gasteiger partial charge in [-0.25, -0.2) is 0 Å². The maximum atomic E-state index is 9.39. The number of halogens is 2. The van der Waals surface area contributed by atoms with Gasteiger partial charge in [-0.2, -0.15) is 6.42 Å². The zero-order valence-corrected chi connectivity index (χ0v) is 81.9. The van der Waals surface area contributed by atoms with Gasteiger partial charge in [0.2, 0.25) is 0 Å². The van der Waals surface area contributed by atoms with Crippen LogP contribution in [0.2, 0.25) is 0 Å². The average molecular weight is 1940 g/mol. The zero-order chi connectivity index (χ0) is 95.0. The first kappa shape index (κ1) is 91.5. The minimum Gasteiger partial charge on any atom is -0.423 e. The molecule has 142 heavy (non-hydrogen) atoms. The van der Waals surface area contributed by atoms with E-state index in [1.807, 2.05) is 18.2 Å². The Labute approximate surface area is 855 Å². The van der Waals surface area contributed by atoms with Crippen molar-refractivity contribution in [2.24, 2.45) is 0 Å². The fourth-order valence-corrected chi connectivity index (χ4v) is 21.0. The van der Waals surface area contributed by atoms with Gasteiger partial charge in [-0.05, 0) is 353 Å². The SMILES string of the molecule is Brc1ccc2c(ccc3cc(-c4ccc(-c5ccc6ccccc6c5)cc4)ccc32)c1.Brc1ccc2c(ccc3cc(-c4ccc5ccccc5c4)ccc32)c1.OB(O)c1ccc2c(ccc3cc(-c4ccc5ccccc5c4)ccc32)c1.[CH2-]CCC.[Li+].c1ccc2cc(-c3ccc(-c4ccc5c(ccc6cc(-c7ccc8c(ccc9cc(-c%10ccc%11ccccc%11c%10)ccc98)c7)ccc65)c4)cc3)ccc2c1. The van der Waals surface area contributed by atoms with Crippen molar-refractivity contribution in [2.45, 2.75) is 19.8 Å². The molecular weight excluding hydrogens is 1840 g/mol. The monoisotopic (exact) mass is 1930 g/mol. The summed E-state index contributed by atoms with van der Waals surface area (Å²) in [4.78, 5) is 0. The summed E-state index contributed by atoms with van der Waals surface area (Å²) in [6.45, 7) is 5.72. The maximum Gasteiger partial charge on any atom is 1.00 e. The van der Waals surface area contributed by atoms with Crippen LogP contribution < -0.4 is 24.3 Å². The second-order valence-electron chi connectivity index (χ2n) is 36.8. The normalized spacial score (nSPS) is 11.3. The first-order valence-corrected chi connectivity index (χ1v) is 49.9. The van der Waals surface area contributed by atoms with Crippen molar-refractivity contribution in [3.05, 3.63) is 519 Å². The van der Waals surface area contributed by atoms with Gasteiger partial charge in [0.05, 0.1) is 0 Å². The molecule has 0 saturated carbocycles. The molecule has 2 N–H and O–H groups in total. The third-order valence-corrected chi connectivity index (χ3v) is 28.9. The summed E-state index contributed by atoms with van der Waals surface area (Å²) in [7, 11) is -1.44. The Morgan fingerprint density at radius 2 is 0.310 bits per heavy atom. The Morgan fingerprint density at radius 1 is 0.169 bits per heavy atom. The molecule has 2 nitrogen and oxygen atoms in total. The molecule has 0 amide bonds. The fraction of sp³-hybridized carbons (Fsp3) is 0.0221. The van der Waals surface area contributed by atoms with Crippen LogP contribution >= 0.6 is 31.9 Å². The minimum atomic E-state index is -1.44. The van der Waals surface area contributed by atoms with Crippen molar-refractivity contribution in [1.29, 1.82) is 0 Å². The first-order chi connectivity index (χ1) is 69.3. The first-order valence-electron chi connectivity index (χ1n) is 48.3. The number of hydrogen-bond donors (Lipinski definition) is 2. The van der Waals surface area contributed by atoms with Crippen LogP contribution in [0, 0.1) is 6.92 Å². The largest absolute Gasteiger partial charge is 1.00 e. The van der Waals surface area contributed by atoms with Crippen LogP contribution in [0.3, 0.4) is 0 Å². The number of benzene rings is 27. The van der Waals surface area contributed by atoms with Gasteiger partial charge >= 0.3 is 26.0 Å². The Bertz CT molecular complexity index is 9540. The van der Waals surface area contributed by atoms with E-state index < -0.39 is 7.12 Å². The van der Waals surface area contributed by atoms with Crippen molar-refractivity contribution >= 4 is 206 Å². The molecule has 6 heteroatoms. The van der Waals surface area contributed by atoms with Crippen LogP contribution in [0.4, 0.5) is 0 Å². The molecule has 0 aliphatic rings. The number of fused-ring (bicyclic) bond motifs is 20. The van der Waals surface area contributed by atoms with Crippen molar-refractivity contribution in [3.8, 4) is 89.0 Å². The molecule has 0 aliphatic heterocycles. The van der Waals surface area contributed by atoms with Crippen LogP contribution in [0.15, 0.2) is 512 Å². The molecule has 0 saturated heterocycles. The third-order valence-electron chi connectivity index (χ3n) is 28.0. The second-order valence-corrected chi connectivity index (χ2v) is 38.6. The van der Waals surface area contributed by atoms with E-state index in [4.69, 9.17) is 0 Å². The molecule has 27 aromatic carbocycles. The molecule has 0 radical (unpaired) electrons. The van der Waals surface area contributed by atoms with Gasteiger partial charge in [-0.15, -0.1) is 0 Å². The molecule has 0 bridgehead atoms. The predicted molar refractivity (Wildman–Crippen MR) is 617 cm³/mol. The Hall–Kier alpha value is -15.6. The molecular formula is C136H94BBr2LiO2. The van der Waals surface area contributed by atoms with E-state index >= 15 is 0 Å². The summed E-state index contributed by atoms with van der Waals surface area (Å²) < 4.78 is 2.23. The zero-order valence-electron chi connectivity index (χ0n) is 78.8. The maximum absolute atomic E-state index is 9.39. The molecule has 0 atom stereocenters. The summed E-state index contributed by atoms with van der Waals surface area (Å²) in [5.41, 5.74) is 20.3. The van der Waals surface area contributed by atoms with Gasteiger partial charge in [0, 0.05) is 8.95 Å². The second kappa shape index (κ2) is 40.3. The minimum absolute atomic E-state index is 0. The van der Waals surface area contributed by atoms with E-state index in [2.05, 4.69) is 525 Å².